The molecule has 1 saturated carbocycles. The molecule has 1 unspecified atom stereocenters. The van der Waals surface area contributed by atoms with Gasteiger partial charge in [0.25, 0.3) is 0 Å². The van der Waals surface area contributed by atoms with E-state index in [1.54, 1.807) is 0 Å². The Morgan fingerprint density at radius 1 is 1.29 bits per heavy atom. The monoisotopic (exact) mass is 295 g/mol. The number of imide groups is 1. The first kappa shape index (κ1) is 14.3. The lowest BCUT2D eigenvalue weighted by Crippen LogP contribution is -2.58. The van der Waals surface area contributed by atoms with Crippen molar-refractivity contribution >= 4 is 17.8 Å². The minimum atomic E-state index is -0.784. The minimum absolute atomic E-state index is 0.0208. The molecule has 0 radical (unpaired) electrons. The molecule has 3 rings (SSSR count). The molecule has 0 bridgehead atoms. The van der Waals surface area contributed by atoms with Gasteiger partial charge in [-0.05, 0) is 25.7 Å². The highest BCUT2D eigenvalue weighted by atomic mass is 16.5. The predicted molar refractivity (Wildman–Crippen MR) is 73.4 cm³/mol. The first-order chi connectivity index (χ1) is 10.1. The third-order valence-corrected chi connectivity index (χ3v) is 4.62. The van der Waals surface area contributed by atoms with Crippen molar-refractivity contribution < 1.29 is 19.1 Å². The first-order valence-corrected chi connectivity index (χ1v) is 7.62. The van der Waals surface area contributed by atoms with E-state index >= 15 is 0 Å². The Bertz CT molecular complexity index is 443. The number of rotatable bonds is 3. The van der Waals surface area contributed by atoms with Gasteiger partial charge in [0.1, 0.15) is 6.04 Å². The first-order valence-electron chi connectivity index (χ1n) is 7.62. The molecule has 21 heavy (non-hydrogen) atoms. The summed E-state index contributed by atoms with van der Waals surface area (Å²) in [5.74, 6) is -0.755. The summed E-state index contributed by atoms with van der Waals surface area (Å²) < 4.78 is 6.11. The molecule has 0 aromatic heterocycles. The van der Waals surface area contributed by atoms with Crippen LogP contribution in [0.2, 0.25) is 0 Å². The molecule has 2 atom stereocenters. The zero-order valence-corrected chi connectivity index (χ0v) is 11.9. The lowest BCUT2D eigenvalue weighted by Gasteiger charge is -2.25. The lowest BCUT2D eigenvalue weighted by molar-refractivity contribution is -0.129. The largest absolute Gasteiger partial charge is 0.370 e. The maximum absolute atomic E-state index is 12.0. The summed E-state index contributed by atoms with van der Waals surface area (Å²) in [5, 5.41) is 7.33. The Kier molecular flexibility index (Phi) is 3.84. The quantitative estimate of drug-likeness (QED) is 0.692. The number of nitrogens with one attached hydrogen (secondary N) is 3. The van der Waals surface area contributed by atoms with Gasteiger partial charge in [0.2, 0.25) is 11.8 Å². The molecule has 3 fully saturated rings. The van der Waals surface area contributed by atoms with Crippen LogP contribution in [-0.4, -0.2) is 42.1 Å². The van der Waals surface area contributed by atoms with E-state index in [2.05, 4.69) is 16.0 Å². The van der Waals surface area contributed by atoms with Crippen LogP contribution in [-0.2, 0) is 14.3 Å². The molecular formula is C14H21N3O4. The average molecular weight is 295 g/mol. The van der Waals surface area contributed by atoms with Crippen LogP contribution in [0.15, 0.2) is 0 Å². The highest BCUT2D eigenvalue weighted by molar-refractivity contribution is 6.02. The van der Waals surface area contributed by atoms with Crippen molar-refractivity contribution in [2.24, 2.45) is 0 Å². The predicted octanol–water partition coefficient (Wildman–Crippen LogP) is 0.193. The molecule has 2 aliphatic heterocycles. The van der Waals surface area contributed by atoms with E-state index in [0.29, 0.717) is 6.54 Å². The van der Waals surface area contributed by atoms with E-state index in [4.69, 9.17) is 4.74 Å². The topological polar surface area (TPSA) is 96.5 Å². The number of amides is 4. The van der Waals surface area contributed by atoms with E-state index in [0.717, 1.165) is 25.7 Å². The number of carbonyl (C=O) groups excluding carboxylic acids is 3. The molecule has 2 saturated heterocycles. The molecule has 116 valence electrons. The van der Waals surface area contributed by atoms with Gasteiger partial charge in [0, 0.05) is 6.54 Å². The van der Waals surface area contributed by atoms with Crippen LogP contribution in [0.4, 0.5) is 4.79 Å². The fraction of sp³-hybridized carbons (Fsp3) is 0.786. The van der Waals surface area contributed by atoms with Crippen molar-refractivity contribution in [2.75, 3.05) is 6.54 Å². The second-order valence-corrected chi connectivity index (χ2v) is 6.19. The second kappa shape index (κ2) is 5.63. The third kappa shape index (κ3) is 3.18. The number of hydrogen-bond acceptors (Lipinski definition) is 4. The van der Waals surface area contributed by atoms with Crippen molar-refractivity contribution in [2.45, 2.75) is 62.7 Å². The van der Waals surface area contributed by atoms with Gasteiger partial charge in [-0.15, -0.1) is 0 Å². The maximum atomic E-state index is 12.0. The summed E-state index contributed by atoms with van der Waals surface area (Å²) in [6.07, 6.45) is 6.73. The lowest BCUT2D eigenvalue weighted by atomic mass is 9.98. The summed E-state index contributed by atoms with van der Waals surface area (Å²) in [5.41, 5.74) is 0.0499. The van der Waals surface area contributed by atoms with E-state index in [1.165, 1.54) is 12.8 Å². The van der Waals surface area contributed by atoms with Gasteiger partial charge in [0.15, 0.2) is 0 Å². The van der Waals surface area contributed by atoms with E-state index in [-0.39, 0.29) is 24.0 Å². The van der Waals surface area contributed by atoms with Crippen molar-refractivity contribution in [1.82, 2.24) is 16.0 Å². The molecule has 0 aromatic rings. The summed E-state index contributed by atoms with van der Waals surface area (Å²) in [6, 6.07) is -1.40. The average Bonchev–Trinajstić information content (AvgIpc) is 3.06. The molecular weight excluding hydrogens is 274 g/mol. The number of ether oxygens (including phenoxy) is 1. The van der Waals surface area contributed by atoms with Gasteiger partial charge in [-0.3, -0.25) is 14.9 Å². The van der Waals surface area contributed by atoms with Crippen LogP contribution in [0.25, 0.3) is 0 Å². The Morgan fingerprint density at radius 2 is 2.05 bits per heavy atom. The van der Waals surface area contributed by atoms with Crippen LogP contribution >= 0.6 is 0 Å². The van der Waals surface area contributed by atoms with Crippen LogP contribution in [0.5, 0.6) is 0 Å². The normalized spacial score (nSPS) is 31.0. The highest BCUT2D eigenvalue weighted by Gasteiger charge is 2.42. The smallest absolute Gasteiger partial charge is 0.322 e. The summed E-state index contributed by atoms with van der Waals surface area (Å²) >= 11 is 0. The van der Waals surface area contributed by atoms with Crippen molar-refractivity contribution in [3.8, 4) is 0 Å². The Hall–Kier alpha value is -1.63. The number of carbonyl (C=O) groups is 3. The zero-order valence-electron chi connectivity index (χ0n) is 11.9. The maximum Gasteiger partial charge on any atom is 0.322 e. The van der Waals surface area contributed by atoms with Crippen LogP contribution < -0.4 is 16.0 Å². The Balaban J connectivity index is 1.46. The van der Waals surface area contributed by atoms with Crippen molar-refractivity contribution in [1.29, 1.82) is 0 Å². The van der Waals surface area contributed by atoms with E-state index < -0.39 is 18.0 Å². The molecule has 3 aliphatic rings. The molecule has 0 aromatic carbocycles. The number of hydrogen-bond donors (Lipinski definition) is 3. The molecule has 3 N–H and O–H groups in total. The number of urea groups is 1. The molecule has 1 aliphatic carbocycles. The molecule has 2 heterocycles. The van der Waals surface area contributed by atoms with Crippen molar-refractivity contribution in [3.05, 3.63) is 0 Å². The Morgan fingerprint density at radius 3 is 2.76 bits per heavy atom. The zero-order chi connectivity index (χ0) is 14.9. The molecule has 1 spiro atoms. The van der Waals surface area contributed by atoms with Crippen LogP contribution in [0.1, 0.15) is 44.9 Å². The summed E-state index contributed by atoms with van der Waals surface area (Å²) in [6.45, 7) is 0.439. The molecule has 7 heteroatoms. The van der Waals surface area contributed by atoms with Gasteiger partial charge in [-0.25, -0.2) is 4.79 Å². The summed E-state index contributed by atoms with van der Waals surface area (Å²) in [4.78, 5) is 34.4. The van der Waals surface area contributed by atoms with Gasteiger partial charge >= 0.3 is 6.03 Å². The van der Waals surface area contributed by atoms with Gasteiger partial charge in [0.05, 0.1) is 18.1 Å². The highest BCUT2D eigenvalue weighted by Crippen LogP contribution is 2.43. The van der Waals surface area contributed by atoms with Gasteiger partial charge in [-0.2, -0.15) is 0 Å². The fourth-order valence-corrected chi connectivity index (χ4v) is 3.53. The van der Waals surface area contributed by atoms with Gasteiger partial charge in [-0.1, -0.05) is 12.8 Å². The SMILES string of the molecule is O=C1C[C@@H](C(=O)NCC2CCC3(CCCC3)O2)NC(=O)N1. The van der Waals surface area contributed by atoms with E-state index in [1.807, 2.05) is 0 Å². The van der Waals surface area contributed by atoms with Gasteiger partial charge < -0.3 is 15.4 Å². The molecule has 4 amide bonds. The minimum Gasteiger partial charge on any atom is -0.370 e. The Labute approximate surface area is 123 Å². The van der Waals surface area contributed by atoms with Crippen LogP contribution in [0, 0.1) is 0 Å². The molecule has 7 nitrogen and oxygen atoms in total. The second-order valence-electron chi connectivity index (χ2n) is 6.19. The van der Waals surface area contributed by atoms with Crippen molar-refractivity contribution in [3.63, 3.8) is 0 Å². The van der Waals surface area contributed by atoms with Crippen LogP contribution in [0.3, 0.4) is 0 Å². The summed E-state index contributed by atoms with van der Waals surface area (Å²) in [7, 11) is 0. The fourth-order valence-electron chi connectivity index (χ4n) is 3.53. The third-order valence-electron chi connectivity index (χ3n) is 4.62. The van der Waals surface area contributed by atoms with E-state index in [9.17, 15) is 14.4 Å². The standard InChI is InChI=1S/C14H21N3O4/c18-11-7-10(16-13(20)17-11)12(19)15-8-9-3-6-14(21-9)4-1-2-5-14/h9-10H,1-8H2,(H,15,19)(H2,16,17,18,20)/t9?,10-/m0/s1.